The minimum Gasteiger partial charge on any atom is -0.494 e. The van der Waals surface area contributed by atoms with E-state index in [1.165, 1.54) is 18.2 Å². The number of halogens is 3. The standard InChI is InChI=1S/C17H17F3N2O2/c1-2-24-13-9-7-12(8-10-13)11-16(23)22-21-15-6-4-3-5-14(15)17(18,19)20/h3-10,21H,2,11H2,1H3,(H,22,23). The summed E-state index contributed by atoms with van der Waals surface area (Å²) in [7, 11) is 0. The zero-order valence-electron chi connectivity index (χ0n) is 13.0. The Morgan fingerprint density at radius 3 is 2.38 bits per heavy atom. The summed E-state index contributed by atoms with van der Waals surface area (Å²) in [6.07, 6.45) is -4.46. The third-order valence-electron chi connectivity index (χ3n) is 3.17. The fourth-order valence-electron chi connectivity index (χ4n) is 2.08. The van der Waals surface area contributed by atoms with Crippen LogP contribution in [0.4, 0.5) is 18.9 Å². The first kappa shape index (κ1) is 17.7. The van der Waals surface area contributed by atoms with Crippen LogP contribution in [-0.2, 0) is 17.4 Å². The lowest BCUT2D eigenvalue weighted by molar-refractivity contribution is -0.137. The second-order valence-corrected chi connectivity index (χ2v) is 4.97. The summed E-state index contributed by atoms with van der Waals surface area (Å²) in [6, 6.07) is 11.9. The summed E-state index contributed by atoms with van der Waals surface area (Å²) in [4.78, 5) is 11.9. The van der Waals surface area contributed by atoms with E-state index < -0.39 is 17.6 Å². The maximum Gasteiger partial charge on any atom is 0.418 e. The molecule has 4 nitrogen and oxygen atoms in total. The molecular formula is C17H17F3N2O2. The summed E-state index contributed by atoms with van der Waals surface area (Å²) in [5.41, 5.74) is 4.29. The third kappa shape index (κ3) is 4.91. The molecular weight excluding hydrogens is 321 g/mol. The Morgan fingerprint density at radius 1 is 1.08 bits per heavy atom. The minimum absolute atomic E-state index is 0.0353. The molecule has 128 valence electrons. The molecule has 0 atom stereocenters. The van der Waals surface area contributed by atoms with E-state index >= 15 is 0 Å². The number of ether oxygens (including phenoxy) is 1. The van der Waals surface area contributed by atoms with Gasteiger partial charge in [-0.3, -0.25) is 15.6 Å². The monoisotopic (exact) mass is 338 g/mol. The fourth-order valence-corrected chi connectivity index (χ4v) is 2.08. The molecule has 0 saturated carbocycles. The predicted octanol–water partition coefficient (Wildman–Crippen LogP) is 3.79. The Labute approximate surface area is 137 Å². The quantitative estimate of drug-likeness (QED) is 0.788. The molecule has 0 aromatic heterocycles. The summed E-state index contributed by atoms with van der Waals surface area (Å²) < 4.78 is 43.9. The Balaban J connectivity index is 1.94. The van der Waals surface area contributed by atoms with Gasteiger partial charge in [-0.05, 0) is 36.8 Å². The number of carbonyl (C=O) groups is 1. The van der Waals surface area contributed by atoms with Crippen LogP contribution < -0.4 is 15.6 Å². The van der Waals surface area contributed by atoms with Crippen LogP contribution in [0.2, 0.25) is 0 Å². The van der Waals surface area contributed by atoms with Crippen molar-refractivity contribution in [3.05, 3.63) is 59.7 Å². The van der Waals surface area contributed by atoms with Gasteiger partial charge < -0.3 is 4.74 Å². The van der Waals surface area contributed by atoms with Crippen LogP contribution in [0.5, 0.6) is 5.75 Å². The summed E-state index contributed by atoms with van der Waals surface area (Å²) in [5.74, 6) is 0.245. The summed E-state index contributed by atoms with van der Waals surface area (Å²) in [6.45, 7) is 2.41. The molecule has 0 heterocycles. The van der Waals surface area contributed by atoms with Crippen LogP contribution in [0, 0.1) is 0 Å². The average molecular weight is 338 g/mol. The number of nitrogens with one attached hydrogen (secondary N) is 2. The van der Waals surface area contributed by atoms with Crippen molar-refractivity contribution in [2.75, 3.05) is 12.0 Å². The van der Waals surface area contributed by atoms with Crippen LogP contribution in [0.15, 0.2) is 48.5 Å². The number of carbonyl (C=O) groups excluding carboxylic acids is 1. The van der Waals surface area contributed by atoms with Crippen LogP contribution >= 0.6 is 0 Å². The van der Waals surface area contributed by atoms with Gasteiger partial charge >= 0.3 is 6.18 Å². The zero-order chi connectivity index (χ0) is 17.6. The lowest BCUT2D eigenvalue weighted by Gasteiger charge is -2.15. The van der Waals surface area contributed by atoms with E-state index in [1.54, 1.807) is 24.3 Å². The average Bonchev–Trinajstić information content (AvgIpc) is 2.54. The lowest BCUT2D eigenvalue weighted by Crippen LogP contribution is -2.31. The number of hydrogen-bond donors (Lipinski definition) is 2. The lowest BCUT2D eigenvalue weighted by atomic mass is 10.1. The van der Waals surface area contributed by atoms with E-state index in [2.05, 4.69) is 10.9 Å². The van der Waals surface area contributed by atoms with Gasteiger partial charge in [0.25, 0.3) is 0 Å². The molecule has 0 unspecified atom stereocenters. The van der Waals surface area contributed by atoms with Gasteiger partial charge in [0.05, 0.1) is 24.3 Å². The van der Waals surface area contributed by atoms with Crippen molar-refractivity contribution in [3.63, 3.8) is 0 Å². The Morgan fingerprint density at radius 2 is 1.75 bits per heavy atom. The van der Waals surface area contributed by atoms with Crippen LogP contribution in [0.25, 0.3) is 0 Å². The fraction of sp³-hybridized carbons (Fsp3) is 0.235. The van der Waals surface area contributed by atoms with Crippen LogP contribution in [0.1, 0.15) is 18.1 Å². The molecule has 1 amide bonds. The molecule has 0 fully saturated rings. The number of hydrogen-bond acceptors (Lipinski definition) is 3. The minimum atomic E-state index is -4.50. The van der Waals surface area contributed by atoms with E-state index in [-0.39, 0.29) is 12.1 Å². The molecule has 0 aliphatic heterocycles. The van der Waals surface area contributed by atoms with E-state index in [9.17, 15) is 18.0 Å². The van der Waals surface area contributed by atoms with Crippen molar-refractivity contribution >= 4 is 11.6 Å². The molecule has 0 bridgehead atoms. The molecule has 7 heteroatoms. The maximum absolute atomic E-state index is 12.9. The van der Waals surface area contributed by atoms with Crippen molar-refractivity contribution in [3.8, 4) is 5.75 Å². The molecule has 0 spiro atoms. The van der Waals surface area contributed by atoms with Gasteiger partial charge in [-0.15, -0.1) is 0 Å². The Hall–Kier alpha value is -2.70. The SMILES string of the molecule is CCOc1ccc(CC(=O)NNc2ccccc2C(F)(F)F)cc1. The predicted molar refractivity (Wildman–Crippen MR) is 84.5 cm³/mol. The molecule has 2 aromatic rings. The molecule has 0 radical (unpaired) electrons. The first-order valence-corrected chi connectivity index (χ1v) is 7.33. The topological polar surface area (TPSA) is 50.4 Å². The molecule has 24 heavy (non-hydrogen) atoms. The highest BCUT2D eigenvalue weighted by atomic mass is 19.4. The normalized spacial score (nSPS) is 11.0. The smallest absolute Gasteiger partial charge is 0.418 e. The highest BCUT2D eigenvalue weighted by Gasteiger charge is 2.33. The maximum atomic E-state index is 12.9. The summed E-state index contributed by atoms with van der Waals surface area (Å²) >= 11 is 0. The van der Waals surface area contributed by atoms with E-state index in [4.69, 9.17) is 4.74 Å². The largest absolute Gasteiger partial charge is 0.494 e. The third-order valence-corrected chi connectivity index (χ3v) is 3.17. The van der Waals surface area contributed by atoms with E-state index in [0.29, 0.717) is 12.4 Å². The molecule has 0 aliphatic carbocycles. The van der Waals surface area contributed by atoms with Crippen molar-refractivity contribution in [2.45, 2.75) is 19.5 Å². The van der Waals surface area contributed by atoms with Crippen molar-refractivity contribution in [2.24, 2.45) is 0 Å². The first-order valence-electron chi connectivity index (χ1n) is 7.33. The number of amides is 1. The Bertz CT molecular complexity index is 685. The summed E-state index contributed by atoms with van der Waals surface area (Å²) in [5, 5.41) is 0. The molecule has 2 rings (SSSR count). The van der Waals surface area contributed by atoms with Crippen LogP contribution in [-0.4, -0.2) is 12.5 Å². The van der Waals surface area contributed by atoms with Crippen LogP contribution in [0.3, 0.4) is 0 Å². The second kappa shape index (κ2) is 7.72. The number of anilines is 1. The van der Waals surface area contributed by atoms with Gasteiger partial charge in [0.2, 0.25) is 5.91 Å². The zero-order valence-corrected chi connectivity index (χ0v) is 13.0. The van der Waals surface area contributed by atoms with Gasteiger partial charge in [0.15, 0.2) is 0 Å². The van der Waals surface area contributed by atoms with Gasteiger partial charge in [-0.1, -0.05) is 24.3 Å². The second-order valence-electron chi connectivity index (χ2n) is 4.97. The number of hydrazine groups is 1. The molecule has 2 aromatic carbocycles. The van der Waals surface area contributed by atoms with Gasteiger partial charge in [-0.25, -0.2) is 0 Å². The molecule has 0 saturated heterocycles. The van der Waals surface area contributed by atoms with E-state index in [1.807, 2.05) is 6.92 Å². The number of alkyl halides is 3. The highest BCUT2D eigenvalue weighted by Crippen LogP contribution is 2.34. The van der Waals surface area contributed by atoms with Crippen molar-refractivity contribution < 1.29 is 22.7 Å². The van der Waals surface area contributed by atoms with Gasteiger partial charge in [0.1, 0.15) is 5.75 Å². The molecule has 2 N–H and O–H groups in total. The number of rotatable bonds is 6. The van der Waals surface area contributed by atoms with E-state index in [0.717, 1.165) is 11.6 Å². The van der Waals surface area contributed by atoms with Gasteiger partial charge in [-0.2, -0.15) is 13.2 Å². The first-order chi connectivity index (χ1) is 11.4. The Kier molecular flexibility index (Phi) is 5.68. The number of benzene rings is 2. The van der Waals surface area contributed by atoms with Crippen molar-refractivity contribution in [1.82, 2.24) is 5.43 Å². The van der Waals surface area contributed by atoms with Gasteiger partial charge in [0, 0.05) is 0 Å². The molecule has 0 aliphatic rings. The number of para-hydroxylation sites is 1. The van der Waals surface area contributed by atoms with Crippen molar-refractivity contribution in [1.29, 1.82) is 0 Å². The highest BCUT2D eigenvalue weighted by molar-refractivity contribution is 5.80.